The van der Waals surface area contributed by atoms with E-state index in [4.69, 9.17) is 9.47 Å². The number of amides is 1. The predicted molar refractivity (Wildman–Crippen MR) is 108 cm³/mol. The van der Waals surface area contributed by atoms with E-state index in [-0.39, 0.29) is 35.5 Å². The second-order valence-electron chi connectivity index (χ2n) is 7.29. The monoisotopic (exact) mass is 395 g/mol. The molecule has 1 aliphatic rings. The molecule has 0 aromatic heterocycles. The van der Waals surface area contributed by atoms with Crippen molar-refractivity contribution >= 4 is 17.7 Å². The van der Waals surface area contributed by atoms with Gasteiger partial charge in [0.2, 0.25) is 0 Å². The highest BCUT2D eigenvalue weighted by Crippen LogP contribution is 2.19. The van der Waals surface area contributed by atoms with Crippen LogP contribution in [-0.2, 0) is 14.3 Å². The maximum absolute atomic E-state index is 13.1. The second kappa shape index (κ2) is 9.01. The van der Waals surface area contributed by atoms with E-state index in [0.717, 1.165) is 11.1 Å². The zero-order valence-electron chi connectivity index (χ0n) is 16.9. The summed E-state index contributed by atoms with van der Waals surface area (Å²) in [5.41, 5.74) is 2.76. The third kappa shape index (κ3) is 4.90. The molecule has 0 radical (unpaired) electrons. The minimum Gasteiger partial charge on any atom is -0.452 e. The van der Waals surface area contributed by atoms with Crippen LogP contribution in [0.5, 0.6) is 0 Å². The average molecular weight is 395 g/mol. The number of carbonyl (C=O) groups excluding carboxylic acids is 3. The molecule has 0 spiro atoms. The lowest BCUT2D eigenvalue weighted by atomic mass is 9.94. The molecular formula is C23H25NO5. The van der Waals surface area contributed by atoms with Crippen LogP contribution >= 0.6 is 0 Å². The minimum atomic E-state index is -0.686. The summed E-state index contributed by atoms with van der Waals surface area (Å²) in [6, 6.07) is 12.1. The Kier molecular flexibility index (Phi) is 6.44. The summed E-state index contributed by atoms with van der Waals surface area (Å²) in [5.74, 6) is -1.20. The van der Waals surface area contributed by atoms with E-state index in [9.17, 15) is 14.4 Å². The van der Waals surface area contributed by atoms with Crippen molar-refractivity contribution in [3.8, 4) is 0 Å². The molecule has 0 aliphatic carbocycles. The van der Waals surface area contributed by atoms with E-state index in [1.54, 1.807) is 29.2 Å². The first-order chi connectivity index (χ1) is 13.9. The fraction of sp³-hybridized carbons (Fsp3) is 0.348. The summed E-state index contributed by atoms with van der Waals surface area (Å²) in [4.78, 5) is 39.7. The van der Waals surface area contributed by atoms with Crippen LogP contribution in [0.25, 0.3) is 0 Å². The highest BCUT2D eigenvalue weighted by molar-refractivity contribution is 6.15. The van der Waals surface area contributed by atoms with E-state index in [0.29, 0.717) is 25.3 Å². The van der Waals surface area contributed by atoms with Gasteiger partial charge >= 0.3 is 5.97 Å². The van der Waals surface area contributed by atoms with Gasteiger partial charge in [-0.1, -0.05) is 35.9 Å². The fourth-order valence-corrected chi connectivity index (χ4v) is 3.33. The van der Waals surface area contributed by atoms with Gasteiger partial charge in [-0.15, -0.1) is 0 Å². The number of ketones is 1. The maximum atomic E-state index is 13.1. The molecule has 0 saturated carbocycles. The molecule has 29 heavy (non-hydrogen) atoms. The van der Waals surface area contributed by atoms with Crippen molar-refractivity contribution in [2.75, 3.05) is 26.3 Å². The molecule has 1 fully saturated rings. The van der Waals surface area contributed by atoms with Crippen molar-refractivity contribution in [3.05, 3.63) is 70.3 Å². The fourth-order valence-electron chi connectivity index (χ4n) is 3.33. The molecule has 6 nitrogen and oxygen atoms in total. The number of morpholine rings is 1. The Morgan fingerprint density at radius 3 is 2.52 bits per heavy atom. The third-order valence-electron chi connectivity index (χ3n) is 4.95. The van der Waals surface area contributed by atoms with Crippen LogP contribution in [0, 0.1) is 13.8 Å². The van der Waals surface area contributed by atoms with Crippen molar-refractivity contribution in [3.63, 3.8) is 0 Å². The van der Waals surface area contributed by atoms with E-state index in [1.807, 2.05) is 39.0 Å². The molecule has 3 rings (SSSR count). The van der Waals surface area contributed by atoms with Crippen LogP contribution in [0.3, 0.4) is 0 Å². The number of benzene rings is 2. The summed E-state index contributed by atoms with van der Waals surface area (Å²) in [5, 5.41) is 0. The first kappa shape index (κ1) is 20.7. The van der Waals surface area contributed by atoms with E-state index < -0.39 is 5.97 Å². The molecule has 1 saturated heterocycles. The van der Waals surface area contributed by atoms with Gasteiger partial charge in [0, 0.05) is 24.2 Å². The molecule has 1 heterocycles. The van der Waals surface area contributed by atoms with Gasteiger partial charge in [0.25, 0.3) is 5.91 Å². The van der Waals surface area contributed by atoms with E-state index >= 15 is 0 Å². The van der Waals surface area contributed by atoms with Crippen LogP contribution in [0.1, 0.15) is 44.3 Å². The lowest BCUT2D eigenvalue weighted by Gasteiger charge is -2.30. The topological polar surface area (TPSA) is 72.9 Å². The number of rotatable bonds is 5. The van der Waals surface area contributed by atoms with Crippen LogP contribution in [-0.4, -0.2) is 55.0 Å². The normalized spacial score (nSPS) is 16.4. The maximum Gasteiger partial charge on any atom is 0.339 e. The Labute approximate surface area is 170 Å². The molecule has 6 heteroatoms. The second-order valence-corrected chi connectivity index (χ2v) is 7.29. The number of hydrogen-bond acceptors (Lipinski definition) is 5. The van der Waals surface area contributed by atoms with Crippen LogP contribution in [0.2, 0.25) is 0 Å². The molecule has 2 aromatic rings. The zero-order valence-corrected chi connectivity index (χ0v) is 16.9. The Morgan fingerprint density at radius 1 is 1.07 bits per heavy atom. The SMILES string of the molecule is Cc1ccc(C)c(C(=O)c2ccccc2C(=O)OCC(=O)N2CCOC(C)C2)c1. The quantitative estimate of drug-likeness (QED) is 0.575. The van der Waals surface area contributed by atoms with E-state index in [1.165, 1.54) is 0 Å². The molecule has 1 atom stereocenters. The van der Waals surface area contributed by atoms with Crippen molar-refractivity contribution < 1.29 is 23.9 Å². The summed E-state index contributed by atoms with van der Waals surface area (Å²) in [7, 11) is 0. The third-order valence-corrected chi connectivity index (χ3v) is 4.95. The summed E-state index contributed by atoms with van der Waals surface area (Å²) in [6.07, 6.45) is -0.0423. The van der Waals surface area contributed by atoms with Gasteiger partial charge in [-0.2, -0.15) is 0 Å². The number of nitrogens with zero attached hydrogens (tertiary/aromatic N) is 1. The first-order valence-electron chi connectivity index (χ1n) is 9.64. The van der Waals surface area contributed by atoms with Crippen LogP contribution < -0.4 is 0 Å². The highest BCUT2D eigenvalue weighted by atomic mass is 16.5. The minimum absolute atomic E-state index is 0.0423. The van der Waals surface area contributed by atoms with Crippen LogP contribution in [0.4, 0.5) is 0 Å². The molecule has 0 N–H and O–H groups in total. The van der Waals surface area contributed by atoms with Gasteiger partial charge in [-0.25, -0.2) is 4.79 Å². The number of esters is 1. The largest absolute Gasteiger partial charge is 0.452 e. The summed E-state index contributed by atoms with van der Waals surface area (Å²) in [6.45, 7) is 6.71. The Balaban J connectivity index is 1.74. The van der Waals surface area contributed by atoms with Gasteiger partial charge < -0.3 is 14.4 Å². The van der Waals surface area contributed by atoms with Crippen molar-refractivity contribution in [1.29, 1.82) is 0 Å². The van der Waals surface area contributed by atoms with Gasteiger partial charge in [-0.3, -0.25) is 9.59 Å². The molecule has 2 aromatic carbocycles. The Morgan fingerprint density at radius 2 is 1.79 bits per heavy atom. The predicted octanol–water partition coefficient (Wildman–Crippen LogP) is 2.94. The summed E-state index contributed by atoms with van der Waals surface area (Å²) < 4.78 is 10.7. The molecule has 1 aliphatic heterocycles. The Hall–Kier alpha value is -2.99. The number of hydrogen-bond donors (Lipinski definition) is 0. The van der Waals surface area contributed by atoms with Gasteiger partial charge in [0.05, 0.1) is 18.3 Å². The average Bonchev–Trinajstić information content (AvgIpc) is 2.73. The standard InChI is InChI=1S/C23H25NO5/c1-15-8-9-16(2)20(12-15)22(26)18-6-4-5-7-19(18)23(27)29-14-21(25)24-10-11-28-17(3)13-24/h4-9,12,17H,10-11,13-14H2,1-3H3. The number of aryl methyl sites for hydroxylation is 2. The Bertz CT molecular complexity index is 937. The number of ether oxygens (including phenoxy) is 2. The zero-order chi connectivity index (χ0) is 21.0. The van der Waals surface area contributed by atoms with Crippen molar-refractivity contribution in [2.45, 2.75) is 26.9 Å². The van der Waals surface area contributed by atoms with Crippen molar-refractivity contribution in [2.24, 2.45) is 0 Å². The first-order valence-corrected chi connectivity index (χ1v) is 9.64. The lowest BCUT2D eigenvalue weighted by Crippen LogP contribution is -2.46. The van der Waals surface area contributed by atoms with Gasteiger partial charge in [0.15, 0.2) is 12.4 Å². The highest BCUT2D eigenvalue weighted by Gasteiger charge is 2.24. The smallest absolute Gasteiger partial charge is 0.339 e. The van der Waals surface area contributed by atoms with Crippen LogP contribution in [0.15, 0.2) is 42.5 Å². The molecule has 1 unspecified atom stereocenters. The molecule has 1 amide bonds. The molecule has 152 valence electrons. The summed E-state index contributed by atoms with van der Waals surface area (Å²) >= 11 is 0. The van der Waals surface area contributed by atoms with E-state index in [2.05, 4.69) is 0 Å². The number of carbonyl (C=O) groups is 3. The molecular weight excluding hydrogens is 370 g/mol. The lowest BCUT2D eigenvalue weighted by molar-refractivity contribution is -0.141. The molecule has 0 bridgehead atoms. The van der Waals surface area contributed by atoms with Crippen molar-refractivity contribution in [1.82, 2.24) is 4.90 Å². The van der Waals surface area contributed by atoms with Gasteiger partial charge in [0.1, 0.15) is 0 Å². The van der Waals surface area contributed by atoms with Gasteiger partial charge in [-0.05, 0) is 38.5 Å².